The van der Waals surface area contributed by atoms with E-state index in [1.54, 1.807) is 0 Å². The van der Waals surface area contributed by atoms with Crippen molar-refractivity contribution in [2.75, 3.05) is 17.7 Å². The molecule has 2 aromatic carbocycles. The van der Waals surface area contributed by atoms with E-state index in [1.165, 1.54) is 16.8 Å². The summed E-state index contributed by atoms with van der Waals surface area (Å²) in [4.78, 5) is 2.24. The Labute approximate surface area is 109 Å². The van der Waals surface area contributed by atoms with Crippen molar-refractivity contribution in [1.29, 1.82) is 0 Å². The second-order valence-corrected chi connectivity index (χ2v) is 4.82. The molecular weight excluding hydrogens is 220 g/mol. The van der Waals surface area contributed by atoms with Gasteiger partial charge < -0.3 is 10.6 Å². The Morgan fingerprint density at radius 3 is 2.39 bits per heavy atom. The van der Waals surface area contributed by atoms with Crippen LogP contribution in [0.15, 0.2) is 42.5 Å². The molecule has 0 aromatic heterocycles. The third-order valence-corrected chi connectivity index (χ3v) is 3.36. The van der Waals surface area contributed by atoms with Crippen LogP contribution in [0.4, 0.5) is 11.4 Å². The number of nitrogens with zero attached hydrogens (tertiary/aromatic N) is 1. The van der Waals surface area contributed by atoms with Crippen LogP contribution in [-0.4, -0.2) is 7.05 Å². The van der Waals surface area contributed by atoms with E-state index in [9.17, 15) is 0 Å². The summed E-state index contributed by atoms with van der Waals surface area (Å²) in [5.41, 5.74) is 11.7. The Hall–Kier alpha value is -1.96. The van der Waals surface area contributed by atoms with Crippen LogP contribution < -0.4 is 10.6 Å². The molecule has 2 aromatic rings. The highest BCUT2D eigenvalue weighted by Crippen LogP contribution is 2.21. The molecule has 18 heavy (non-hydrogen) atoms. The molecule has 0 amide bonds. The van der Waals surface area contributed by atoms with Gasteiger partial charge in [0.1, 0.15) is 0 Å². The number of hydrogen-bond donors (Lipinski definition) is 1. The Bertz CT molecular complexity index is 547. The number of anilines is 2. The Balaban J connectivity index is 2.19. The van der Waals surface area contributed by atoms with Crippen LogP contribution in [0.3, 0.4) is 0 Å². The van der Waals surface area contributed by atoms with Crippen LogP contribution in [0.1, 0.15) is 16.7 Å². The minimum absolute atomic E-state index is 0.850. The van der Waals surface area contributed by atoms with Gasteiger partial charge in [0.25, 0.3) is 0 Å². The summed E-state index contributed by atoms with van der Waals surface area (Å²) in [7, 11) is 2.11. The molecular formula is C16H20N2. The lowest BCUT2D eigenvalue weighted by atomic mass is 10.1. The number of nitrogens with two attached hydrogens (primary N) is 1. The van der Waals surface area contributed by atoms with E-state index >= 15 is 0 Å². The van der Waals surface area contributed by atoms with Gasteiger partial charge in [0.15, 0.2) is 0 Å². The van der Waals surface area contributed by atoms with Crippen LogP contribution >= 0.6 is 0 Å². The molecule has 94 valence electrons. The van der Waals surface area contributed by atoms with Crippen molar-refractivity contribution in [3.8, 4) is 0 Å². The van der Waals surface area contributed by atoms with Crippen LogP contribution in [0.25, 0.3) is 0 Å². The van der Waals surface area contributed by atoms with Gasteiger partial charge >= 0.3 is 0 Å². The summed E-state index contributed by atoms with van der Waals surface area (Å²) in [6.45, 7) is 5.11. The monoisotopic (exact) mass is 240 g/mol. The molecule has 2 heteroatoms. The predicted octanol–water partition coefficient (Wildman–Crippen LogP) is 3.52. The zero-order chi connectivity index (χ0) is 13.1. The summed E-state index contributed by atoms with van der Waals surface area (Å²) >= 11 is 0. The van der Waals surface area contributed by atoms with E-state index in [2.05, 4.69) is 55.3 Å². The van der Waals surface area contributed by atoms with E-state index in [4.69, 9.17) is 5.73 Å². The maximum absolute atomic E-state index is 5.85. The Kier molecular flexibility index (Phi) is 3.56. The second kappa shape index (κ2) is 5.13. The minimum Gasteiger partial charge on any atom is -0.399 e. The number of nitrogen functional groups attached to an aromatic ring is 1. The van der Waals surface area contributed by atoms with Gasteiger partial charge in [-0.05, 0) is 48.7 Å². The molecule has 2 rings (SSSR count). The molecule has 0 aliphatic rings. The fourth-order valence-electron chi connectivity index (χ4n) is 2.03. The number of hydrogen-bond acceptors (Lipinski definition) is 2. The second-order valence-electron chi connectivity index (χ2n) is 4.82. The standard InChI is InChI=1S/C16H20N2/c1-12-6-4-5-7-14(12)11-18(3)15-8-9-16(17)13(2)10-15/h4-10H,11,17H2,1-3H3. The summed E-state index contributed by atoms with van der Waals surface area (Å²) < 4.78 is 0. The third kappa shape index (κ3) is 2.65. The van der Waals surface area contributed by atoms with Gasteiger partial charge in [0, 0.05) is 25.0 Å². The van der Waals surface area contributed by atoms with Crippen molar-refractivity contribution < 1.29 is 0 Å². The summed E-state index contributed by atoms with van der Waals surface area (Å²) in [5, 5.41) is 0. The highest BCUT2D eigenvalue weighted by molar-refractivity contribution is 5.58. The fourth-order valence-corrected chi connectivity index (χ4v) is 2.03. The molecule has 0 spiro atoms. The number of benzene rings is 2. The van der Waals surface area contributed by atoms with Gasteiger partial charge in [-0.25, -0.2) is 0 Å². The molecule has 0 saturated heterocycles. The van der Waals surface area contributed by atoms with Gasteiger partial charge in [-0.15, -0.1) is 0 Å². The first-order valence-corrected chi connectivity index (χ1v) is 6.19. The van der Waals surface area contributed by atoms with Crippen LogP contribution in [-0.2, 0) is 6.54 Å². The molecule has 2 N–H and O–H groups in total. The van der Waals surface area contributed by atoms with Crippen LogP contribution in [0, 0.1) is 13.8 Å². The molecule has 2 nitrogen and oxygen atoms in total. The van der Waals surface area contributed by atoms with Gasteiger partial charge in [0.05, 0.1) is 0 Å². The molecule has 0 radical (unpaired) electrons. The molecule has 0 saturated carbocycles. The van der Waals surface area contributed by atoms with Crippen LogP contribution in [0.2, 0.25) is 0 Å². The average Bonchev–Trinajstić information content (AvgIpc) is 2.35. The summed E-state index contributed by atoms with van der Waals surface area (Å²) in [5.74, 6) is 0. The van der Waals surface area contributed by atoms with Gasteiger partial charge in [0.2, 0.25) is 0 Å². The molecule has 0 heterocycles. The van der Waals surface area contributed by atoms with E-state index in [-0.39, 0.29) is 0 Å². The third-order valence-electron chi connectivity index (χ3n) is 3.36. The maximum Gasteiger partial charge on any atom is 0.0428 e. The normalized spacial score (nSPS) is 10.4. The Morgan fingerprint density at radius 2 is 1.72 bits per heavy atom. The first-order valence-electron chi connectivity index (χ1n) is 6.19. The maximum atomic E-state index is 5.85. The van der Waals surface area contributed by atoms with Crippen molar-refractivity contribution in [2.24, 2.45) is 0 Å². The summed E-state index contributed by atoms with van der Waals surface area (Å²) in [6.07, 6.45) is 0. The first kappa shape index (κ1) is 12.5. The first-order chi connectivity index (χ1) is 8.58. The zero-order valence-corrected chi connectivity index (χ0v) is 11.3. The predicted molar refractivity (Wildman–Crippen MR) is 78.9 cm³/mol. The largest absolute Gasteiger partial charge is 0.399 e. The smallest absolute Gasteiger partial charge is 0.0428 e. The Morgan fingerprint density at radius 1 is 1.00 bits per heavy atom. The average molecular weight is 240 g/mol. The van der Waals surface area contributed by atoms with Gasteiger partial charge in [-0.2, -0.15) is 0 Å². The lowest BCUT2D eigenvalue weighted by molar-refractivity contribution is 0.913. The number of rotatable bonds is 3. The van der Waals surface area contributed by atoms with E-state index in [1.807, 2.05) is 13.0 Å². The van der Waals surface area contributed by atoms with Crippen LogP contribution in [0.5, 0.6) is 0 Å². The lowest BCUT2D eigenvalue weighted by Crippen LogP contribution is -2.17. The number of aryl methyl sites for hydroxylation is 2. The van der Waals surface area contributed by atoms with Crippen molar-refractivity contribution in [3.63, 3.8) is 0 Å². The fraction of sp³-hybridized carbons (Fsp3) is 0.250. The molecule has 0 fully saturated rings. The SMILES string of the molecule is Cc1cc(N(C)Cc2ccccc2C)ccc1N. The highest BCUT2D eigenvalue weighted by atomic mass is 15.1. The molecule has 0 aliphatic carbocycles. The van der Waals surface area contributed by atoms with E-state index in [0.717, 1.165) is 17.8 Å². The van der Waals surface area contributed by atoms with Gasteiger partial charge in [-0.1, -0.05) is 24.3 Å². The molecule has 0 atom stereocenters. The zero-order valence-electron chi connectivity index (χ0n) is 11.3. The van der Waals surface area contributed by atoms with Crippen molar-refractivity contribution in [3.05, 3.63) is 59.2 Å². The molecule has 0 aliphatic heterocycles. The quantitative estimate of drug-likeness (QED) is 0.832. The van der Waals surface area contributed by atoms with Crippen molar-refractivity contribution in [2.45, 2.75) is 20.4 Å². The van der Waals surface area contributed by atoms with Crippen molar-refractivity contribution in [1.82, 2.24) is 0 Å². The van der Waals surface area contributed by atoms with Gasteiger partial charge in [-0.3, -0.25) is 0 Å². The van der Waals surface area contributed by atoms with Crippen molar-refractivity contribution >= 4 is 11.4 Å². The topological polar surface area (TPSA) is 29.3 Å². The lowest BCUT2D eigenvalue weighted by Gasteiger charge is -2.21. The van der Waals surface area contributed by atoms with E-state index in [0.29, 0.717) is 0 Å². The highest BCUT2D eigenvalue weighted by Gasteiger charge is 2.05. The minimum atomic E-state index is 0.850. The summed E-state index contributed by atoms with van der Waals surface area (Å²) in [6, 6.07) is 14.7. The molecule has 0 bridgehead atoms. The van der Waals surface area contributed by atoms with E-state index < -0.39 is 0 Å². The molecule has 0 unspecified atom stereocenters.